The summed E-state index contributed by atoms with van der Waals surface area (Å²) in [6.07, 6.45) is 1.93. The zero-order valence-corrected chi connectivity index (χ0v) is 13.2. The number of benzene rings is 1. The monoisotopic (exact) mass is 318 g/mol. The van der Waals surface area contributed by atoms with Gasteiger partial charge in [0.2, 0.25) is 0 Å². The fourth-order valence-corrected chi connectivity index (χ4v) is 4.15. The van der Waals surface area contributed by atoms with Gasteiger partial charge in [0.25, 0.3) is 0 Å². The van der Waals surface area contributed by atoms with E-state index in [1.54, 1.807) is 24.3 Å². The average Bonchev–Trinajstić information content (AvgIpc) is 3.03. The van der Waals surface area contributed by atoms with Crippen molar-refractivity contribution in [1.82, 2.24) is 0 Å². The van der Waals surface area contributed by atoms with Crippen LogP contribution in [0.15, 0.2) is 30.3 Å². The van der Waals surface area contributed by atoms with Gasteiger partial charge < -0.3 is 14.6 Å². The molecular formula is C18H22O5. The van der Waals surface area contributed by atoms with Gasteiger partial charge in [-0.1, -0.05) is 18.2 Å². The fraction of sp³-hybridized carbons (Fsp3) is 0.556. The molecule has 5 heteroatoms. The number of esters is 2. The SMILES string of the molecule is CC(=O)OC1C[C@@H]2CC(OC(=O)c3ccccc3)C(CO)[C@@H]2C1. The Morgan fingerprint density at radius 1 is 1.13 bits per heavy atom. The summed E-state index contributed by atoms with van der Waals surface area (Å²) in [5, 5.41) is 9.74. The third-order valence-corrected chi connectivity index (χ3v) is 5.08. The lowest BCUT2D eigenvalue weighted by Gasteiger charge is -2.23. The van der Waals surface area contributed by atoms with Crippen LogP contribution in [0.25, 0.3) is 0 Å². The molecule has 2 saturated carbocycles. The van der Waals surface area contributed by atoms with Gasteiger partial charge in [-0.15, -0.1) is 0 Å². The Bertz CT molecular complexity index is 570. The molecular weight excluding hydrogens is 296 g/mol. The molecule has 3 rings (SSSR count). The first-order valence-electron chi connectivity index (χ1n) is 8.12. The van der Waals surface area contributed by atoms with Crippen molar-refractivity contribution in [3.05, 3.63) is 35.9 Å². The van der Waals surface area contributed by atoms with Crippen LogP contribution >= 0.6 is 0 Å². The van der Waals surface area contributed by atoms with Crippen LogP contribution in [-0.2, 0) is 14.3 Å². The molecule has 1 N–H and O–H groups in total. The first kappa shape index (κ1) is 16.0. The second kappa shape index (κ2) is 6.71. The molecule has 0 heterocycles. The number of aliphatic hydroxyl groups is 1. The minimum absolute atomic E-state index is 0.0132. The van der Waals surface area contributed by atoms with Crippen molar-refractivity contribution in [2.45, 2.75) is 38.4 Å². The summed E-state index contributed by atoms with van der Waals surface area (Å²) in [6.45, 7) is 1.41. The van der Waals surface area contributed by atoms with E-state index in [0.29, 0.717) is 11.5 Å². The van der Waals surface area contributed by atoms with Crippen LogP contribution < -0.4 is 0 Å². The molecule has 0 bridgehead atoms. The first-order chi connectivity index (χ1) is 11.1. The van der Waals surface area contributed by atoms with Crippen molar-refractivity contribution in [3.8, 4) is 0 Å². The quantitative estimate of drug-likeness (QED) is 0.862. The second-order valence-electron chi connectivity index (χ2n) is 6.52. The summed E-state index contributed by atoms with van der Waals surface area (Å²) in [4.78, 5) is 23.3. The number of ether oxygens (including phenoxy) is 2. The normalized spacial score (nSPS) is 32.3. The van der Waals surface area contributed by atoms with E-state index in [2.05, 4.69) is 0 Å². The van der Waals surface area contributed by atoms with Crippen molar-refractivity contribution >= 4 is 11.9 Å². The molecule has 2 fully saturated rings. The van der Waals surface area contributed by atoms with Gasteiger partial charge in [-0.2, -0.15) is 0 Å². The highest BCUT2D eigenvalue weighted by atomic mass is 16.5. The van der Waals surface area contributed by atoms with Crippen LogP contribution in [0.5, 0.6) is 0 Å². The van der Waals surface area contributed by atoms with Crippen LogP contribution in [0.2, 0.25) is 0 Å². The molecule has 0 amide bonds. The number of hydrogen-bond acceptors (Lipinski definition) is 5. The standard InChI is InChI=1S/C18H22O5/c1-11(20)22-14-7-13-8-17(16(10-19)15(13)9-14)23-18(21)12-5-3-2-4-6-12/h2-6,13-17,19H,7-10H2,1H3/t13-,14?,15-,16?,17?/m1/s1. The highest BCUT2D eigenvalue weighted by Gasteiger charge is 2.50. The van der Waals surface area contributed by atoms with Crippen LogP contribution in [0, 0.1) is 17.8 Å². The van der Waals surface area contributed by atoms with Crippen molar-refractivity contribution in [3.63, 3.8) is 0 Å². The largest absolute Gasteiger partial charge is 0.463 e. The third-order valence-electron chi connectivity index (χ3n) is 5.08. The Morgan fingerprint density at radius 3 is 2.52 bits per heavy atom. The Morgan fingerprint density at radius 2 is 1.87 bits per heavy atom. The van der Waals surface area contributed by atoms with Gasteiger partial charge in [-0.05, 0) is 43.2 Å². The van der Waals surface area contributed by atoms with Crippen LogP contribution in [0.1, 0.15) is 36.5 Å². The molecule has 0 aromatic heterocycles. The molecule has 23 heavy (non-hydrogen) atoms. The van der Waals surface area contributed by atoms with E-state index in [0.717, 1.165) is 19.3 Å². The van der Waals surface area contributed by atoms with Gasteiger partial charge >= 0.3 is 11.9 Å². The average molecular weight is 318 g/mol. The molecule has 3 unspecified atom stereocenters. The summed E-state index contributed by atoms with van der Waals surface area (Å²) >= 11 is 0. The number of rotatable bonds is 4. The Hall–Kier alpha value is -1.88. The molecule has 5 nitrogen and oxygen atoms in total. The molecule has 0 aliphatic heterocycles. The zero-order valence-electron chi connectivity index (χ0n) is 13.2. The van der Waals surface area contributed by atoms with Gasteiger partial charge in [0.15, 0.2) is 0 Å². The van der Waals surface area contributed by atoms with Gasteiger partial charge in [-0.3, -0.25) is 4.79 Å². The topological polar surface area (TPSA) is 72.8 Å². The van der Waals surface area contributed by atoms with E-state index < -0.39 is 0 Å². The zero-order chi connectivity index (χ0) is 16.4. The van der Waals surface area contributed by atoms with E-state index in [9.17, 15) is 14.7 Å². The smallest absolute Gasteiger partial charge is 0.338 e. The summed E-state index contributed by atoms with van der Waals surface area (Å²) in [5.41, 5.74) is 0.527. The number of aliphatic hydroxyl groups excluding tert-OH is 1. The number of fused-ring (bicyclic) bond motifs is 1. The maximum Gasteiger partial charge on any atom is 0.338 e. The van der Waals surface area contributed by atoms with Crippen molar-refractivity contribution in [2.75, 3.05) is 6.61 Å². The lowest BCUT2D eigenvalue weighted by molar-refractivity contribution is -0.146. The highest BCUT2D eigenvalue weighted by molar-refractivity contribution is 5.89. The lowest BCUT2D eigenvalue weighted by atomic mass is 9.92. The van der Waals surface area contributed by atoms with Crippen molar-refractivity contribution in [2.24, 2.45) is 17.8 Å². The molecule has 0 radical (unpaired) electrons. The highest BCUT2D eigenvalue weighted by Crippen LogP contribution is 2.49. The summed E-state index contributed by atoms with van der Waals surface area (Å²) in [7, 11) is 0. The van der Waals surface area contributed by atoms with E-state index in [1.165, 1.54) is 6.92 Å². The molecule has 1 aromatic rings. The van der Waals surface area contributed by atoms with Crippen molar-refractivity contribution in [1.29, 1.82) is 0 Å². The predicted molar refractivity (Wildman–Crippen MR) is 82.6 cm³/mol. The second-order valence-corrected chi connectivity index (χ2v) is 6.52. The minimum atomic E-state index is -0.342. The minimum Gasteiger partial charge on any atom is -0.463 e. The lowest BCUT2D eigenvalue weighted by Crippen LogP contribution is -2.29. The van der Waals surface area contributed by atoms with Crippen LogP contribution in [-0.4, -0.2) is 35.9 Å². The number of carbonyl (C=O) groups is 2. The summed E-state index contributed by atoms with van der Waals surface area (Å²) in [6, 6.07) is 8.90. The maximum atomic E-state index is 12.2. The fourth-order valence-electron chi connectivity index (χ4n) is 4.15. The Kier molecular flexibility index (Phi) is 4.66. The van der Waals surface area contributed by atoms with E-state index in [1.807, 2.05) is 6.07 Å². The van der Waals surface area contributed by atoms with Gasteiger partial charge in [0, 0.05) is 19.4 Å². The molecule has 5 atom stereocenters. The Balaban J connectivity index is 1.63. The van der Waals surface area contributed by atoms with Gasteiger partial charge in [0.1, 0.15) is 12.2 Å². The van der Waals surface area contributed by atoms with E-state index in [4.69, 9.17) is 9.47 Å². The molecule has 2 aliphatic rings. The predicted octanol–water partition coefficient (Wildman–Crippen LogP) is 2.18. The van der Waals surface area contributed by atoms with E-state index in [-0.39, 0.29) is 42.6 Å². The number of carbonyl (C=O) groups excluding carboxylic acids is 2. The van der Waals surface area contributed by atoms with Gasteiger partial charge in [0.05, 0.1) is 5.56 Å². The Labute approximate surface area is 135 Å². The summed E-state index contributed by atoms with van der Waals surface area (Å²) < 4.78 is 10.9. The number of hydrogen-bond donors (Lipinski definition) is 1. The molecule has 2 aliphatic carbocycles. The van der Waals surface area contributed by atoms with Crippen molar-refractivity contribution < 1.29 is 24.2 Å². The summed E-state index contributed by atoms with van der Waals surface area (Å²) in [5.74, 6) is -0.0932. The molecule has 124 valence electrons. The molecule has 0 spiro atoms. The van der Waals surface area contributed by atoms with Gasteiger partial charge in [-0.25, -0.2) is 4.79 Å². The van der Waals surface area contributed by atoms with Crippen LogP contribution in [0.3, 0.4) is 0 Å². The molecule has 0 saturated heterocycles. The maximum absolute atomic E-state index is 12.2. The third kappa shape index (κ3) is 3.39. The van der Waals surface area contributed by atoms with Crippen LogP contribution in [0.4, 0.5) is 0 Å². The van der Waals surface area contributed by atoms with E-state index >= 15 is 0 Å². The molecule has 1 aromatic carbocycles. The first-order valence-corrected chi connectivity index (χ1v) is 8.12.